The SMILES string of the molecule is COc1ccccc1CCNc1cc(Nc2ccc(C(F)(F)F)cc2)ncn1. The van der Waals surface area contributed by atoms with Crippen LogP contribution in [-0.4, -0.2) is 23.6 Å². The van der Waals surface area contributed by atoms with Crippen molar-refractivity contribution >= 4 is 17.3 Å². The average Bonchev–Trinajstić information content (AvgIpc) is 2.68. The average molecular weight is 388 g/mol. The number of alkyl halides is 3. The highest BCUT2D eigenvalue weighted by Gasteiger charge is 2.29. The van der Waals surface area contributed by atoms with Crippen LogP contribution < -0.4 is 15.4 Å². The van der Waals surface area contributed by atoms with Crippen LogP contribution in [0.1, 0.15) is 11.1 Å². The number of hydrogen-bond acceptors (Lipinski definition) is 5. The van der Waals surface area contributed by atoms with Crippen LogP contribution in [0.15, 0.2) is 60.9 Å². The first-order chi connectivity index (χ1) is 13.5. The number of nitrogens with one attached hydrogen (secondary N) is 2. The normalized spacial score (nSPS) is 11.1. The highest BCUT2D eigenvalue weighted by molar-refractivity contribution is 5.59. The highest BCUT2D eigenvalue weighted by Crippen LogP contribution is 2.30. The molecule has 0 unspecified atom stereocenters. The van der Waals surface area contributed by atoms with Gasteiger partial charge in [-0.3, -0.25) is 0 Å². The molecule has 0 aliphatic rings. The van der Waals surface area contributed by atoms with E-state index in [1.54, 1.807) is 13.2 Å². The van der Waals surface area contributed by atoms with Crippen molar-refractivity contribution in [3.05, 3.63) is 72.1 Å². The number of ether oxygens (including phenoxy) is 1. The number of rotatable bonds is 7. The summed E-state index contributed by atoms with van der Waals surface area (Å²) in [6, 6.07) is 14.2. The van der Waals surface area contributed by atoms with Crippen LogP contribution >= 0.6 is 0 Å². The van der Waals surface area contributed by atoms with E-state index in [-0.39, 0.29) is 0 Å². The molecule has 5 nitrogen and oxygen atoms in total. The fraction of sp³-hybridized carbons (Fsp3) is 0.200. The maximum Gasteiger partial charge on any atom is 0.416 e. The van der Waals surface area contributed by atoms with E-state index in [4.69, 9.17) is 4.74 Å². The van der Waals surface area contributed by atoms with Gasteiger partial charge in [0.25, 0.3) is 0 Å². The van der Waals surface area contributed by atoms with Gasteiger partial charge >= 0.3 is 6.18 Å². The Hall–Kier alpha value is -3.29. The monoisotopic (exact) mass is 388 g/mol. The molecule has 0 fully saturated rings. The number of nitrogens with zero attached hydrogens (tertiary/aromatic N) is 2. The first-order valence-electron chi connectivity index (χ1n) is 8.58. The van der Waals surface area contributed by atoms with Gasteiger partial charge in [0, 0.05) is 18.3 Å². The molecule has 1 heterocycles. The third kappa shape index (κ3) is 5.12. The molecule has 0 aliphatic carbocycles. The molecule has 1 aromatic heterocycles. The second-order valence-electron chi connectivity index (χ2n) is 5.98. The van der Waals surface area contributed by atoms with Crippen LogP contribution in [0.5, 0.6) is 5.75 Å². The summed E-state index contributed by atoms with van der Waals surface area (Å²) in [5.74, 6) is 1.92. The van der Waals surface area contributed by atoms with Gasteiger partial charge in [-0.25, -0.2) is 9.97 Å². The van der Waals surface area contributed by atoms with E-state index >= 15 is 0 Å². The molecule has 0 spiro atoms. The van der Waals surface area contributed by atoms with Gasteiger partial charge in [0.05, 0.1) is 12.7 Å². The van der Waals surface area contributed by atoms with Crippen LogP contribution in [0.3, 0.4) is 0 Å². The molecule has 0 saturated carbocycles. The molecular formula is C20H19F3N4O. The van der Waals surface area contributed by atoms with Crippen molar-refractivity contribution in [3.8, 4) is 5.75 Å². The van der Waals surface area contributed by atoms with Crippen molar-refractivity contribution in [1.82, 2.24) is 9.97 Å². The number of hydrogen-bond donors (Lipinski definition) is 2. The number of halogens is 3. The van der Waals surface area contributed by atoms with E-state index < -0.39 is 11.7 Å². The predicted molar refractivity (Wildman–Crippen MR) is 102 cm³/mol. The van der Waals surface area contributed by atoms with Gasteiger partial charge in [-0.15, -0.1) is 0 Å². The van der Waals surface area contributed by atoms with Crippen molar-refractivity contribution in [3.63, 3.8) is 0 Å². The molecule has 3 rings (SSSR count). The van der Waals surface area contributed by atoms with Crippen molar-refractivity contribution in [2.75, 3.05) is 24.3 Å². The summed E-state index contributed by atoms with van der Waals surface area (Å²) in [7, 11) is 1.63. The summed E-state index contributed by atoms with van der Waals surface area (Å²) in [6.45, 7) is 0.636. The lowest BCUT2D eigenvalue weighted by molar-refractivity contribution is -0.137. The second-order valence-corrected chi connectivity index (χ2v) is 5.98. The molecule has 0 amide bonds. The molecule has 28 heavy (non-hydrogen) atoms. The smallest absolute Gasteiger partial charge is 0.416 e. The van der Waals surface area contributed by atoms with Crippen molar-refractivity contribution in [2.45, 2.75) is 12.6 Å². The number of benzene rings is 2. The lowest BCUT2D eigenvalue weighted by Gasteiger charge is -2.11. The second kappa shape index (κ2) is 8.60. The quantitative estimate of drug-likeness (QED) is 0.603. The van der Waals surface area contributed by atoms with E-state index in [1.165, 1.54) is 18.5 Å². The fourth-order valence-corrected chi connectivity index (χ4v) is 2.65. The zero-order chi connectivity index (χ0) is 20.0. The summed E-state index contributed by atoms with van der Waals surface area (Å²) in [5, 5.41) is 6.18. The van der Waals surface area contributed by atoms with Gasteiger partial charge in [-0.1, -0.05) is 18.2 Å². The Kier molecular flexibility index (Phi) is 5.98. The molecule has 0 aliphatic heterocycles. The first-order valence-corrected chi connectivity index (χ1v) is 8.58. The van der Waals surface area contributed by atoms with Gasteiger partial charge in [0.2, 0.25) is 0 Å². The minimum atomic E-state index is -4.36. The van der Waals surface area contributed by atoms with Crippen LogP contribution in [0.2, 0.25) is 0 Å². The van der Waals surface area contributed by atoms with Crippen molar-refractivity contribution < 1.29 is 17.9 Å². The Morgan fingerprint density at radius 3 is 2.39 bits per heavy atom. The van der Waals surface area contributed by atoms with Crippen molar-refractivity contribution in [1.29, 1.82) is 0 Å². The van der Waals surface area contributed by atoms with Crippen LogP contribution in [0.25, 0.3) is 0 Å². The van der Waals surface area contributed by atoms with E-state index in [0.717, 1.165) is 29.9 Å². The maximum absolute atomic E-state index is 12.6. The summed E-state index contributed by atoms with van der Waals surface area (Å²) >= 11 is 0. The van der Waals surface area contributed by atoms with Crippen molar-refractivity contribution in [2.24, 2.45) is 0 Å². The zero-order valence-electron chi connectivity index (χ0n) is 15.1. The molecular weight excluding hydrogens is 369 g/mol. The number of anilines is 3. The van der Waals surface area contributed by atoms with Gasteiger partial charge in [0.1, 0.15) is 23.7 Å². The third-order valence-electron chi connectivity index (χ3n) is 4.04. The minimum Gasteiger partial charge on any atom is -0.496 e. The Balaban J connectivity index is 1.59. The summed E-state index contributed by atoms with van der Waals surface area (Å²) < 4.78 is 43.2. The number of methoxy groups -OCH3 is 1. The van der Waals surface area contributed by atoms with Gasteiger partial charge < -0.3 is 15.4 Å². The Labute approximate surface area is 160 Å². The Bertz CT molecular complexity index is 914. The third-order valence-corrected chi connectivity index (χ3v) is 4.04. The largest absolute Gasteiger partial charge is 0.496 e. The topological polar surface area (TPSA) is 59.1 Å². The maximum atomic E-state index is 12.6. The minimum absolute atomic E-state index is 0.481. The molecule has 2 aromatic carbocycles. The Morgan fingerprint density at radius 1 is 0.964 bits per heavy atom. The number of aromatic nitrogens is 2. The van der Waals surface area contributed by atoms with E-state index in [0.29, 0.717) is 23.9 Å². The Morgan fingerprint density at radius 2 is 1.68 bits per heavy atom. The standard InChI is InChI=1S/C20H19F3N4O/c1-28-17-5-3-2-4-14(17)10-11-24-18-12-19(26-13-25-18)27-16-8-6-15(7-9-16)20(21,22)23/h2-9,12-13H,10-11H2,1H3,(H2,24,25,26,27). The molecule has 3 aromatic rings. The highest BCUT2D eigenvalue weighted by atomic mass is 19.4. The summed E-state index contributed by atoms with van der Waals surface area (Å²) in [6.07, 6.45) is -2.22. The fourth-order valence-electron chi connectivity index (χ4n) is 2.65. The lowest BCUT2D eigenvalue weighted by Crippen LogP contribution is -2.08. The van der Waals surface area contributed by atoms with Crippen LogP contribution in [0, 0.1) is 0 Å². The summed E-state index contributed by atoms with van der Waals surface area (Å²) in [4.78, 5) is 8.25. The predicted octanol–water partition coefficient (Wildman–Crippen LogP) is 4.90. The molecule has 2 N–H and O–H groups in total. The molecule has 8 heteroatoms. The van der Waals surface area contributed by atoms with E-state index in [2.05, 4.69) is 20.6 Å². The zero-order valence-corrected chi connectivity index (χ0v) is 15.1. The molecule has 0 saturated heterocycles. The van der Waals surface area contributed by atoms with Crippen LogP contribution in [-0.2, 0) is 12.6 Å². The number of para-hydroxylation sites is 1. The van der Waals surface area contributed by atoms with Crippen LogP contribution in [0.4, 0.5) is 30.5 Å². The first kappa shape index (κ1) is 19.5. The molecule has 0 bridgehead atoms. The van der Waals surface area contributed by atoms with E-state index in [1.807, 2.05) is 24.3 Å². The molecule has 0 atom stereocenters. The van der Waals surface area contributed by atoms with Gasteiger partial charge in [-0.2, -0.15) is 13.2 Å². The molecule has 146 valence electrons. The van der Waals surface area contributed by atoms with E-state index in [9.17, 15) is 13.2 Å². The summed E-state index contributed by atoms with van der Waals surface area (Å²) in [5.41, 5.74) is 0.890. The lowest BCUT2D eigenvalue weighted by atomic mass is 10.1. The van der Waals surface area contributed by atoms with Gasteiger partial charge in [-0.05, 0) is 42.3 Å². The van der Waals surface area contributed by atoms with Gasteiger partial charge in [0.15, 0.2) is 0 Å². The molecule has 0 radical (unpaired) electrons.